The lowest BCUT2D eigenvalue weighted by atomic mass is 10.4. The van der Waals surface area contributed by atoms with Gasteiger partial charge in [-0.1, -0.05) is 0 Å². The summed E-state index contributed by atoms with van der Waals surface area (Å²) in [5, 5.41) is 19.2. The van der Waals surface area contributed by atoms with Crippen LogP contribution in [-0.2, 0) is 0 Å². The quantitative estimate of drug-likeness (QED) is 0.546. The van der Waals surface area contributed by atoms with E-state index in [9.17, 15) is 0 Å². The monoisotopic (exact) mass is 153 g/mol. The average Bonchev–Trinajstić information content (AvgIpc) is 1.98. The zero-order valence-corrected chi connectivity index (χ0v) is 6.33. The summed E-state index contributed by atoms with van der Waals surface area (Å²) in [4.78, 5) is 0. The van der Waals surface area contributed by atoms with E-state index < -0.39 is 0 Å². The standard InChI is InChI=1S/C7H11N3O/c1-2-9-6-3-4-7(8)10(11)5-6/h3-5,8-9,11H,2H2,1H3. The van der Waals surface area contributed by atoms with Crippen LogP contribution in [0.25, 0.3) is 0 Å². The molecule has 0 unspecified atom stereocenters. The lowest BCUT2D eigenvalue weighted by Crippen LogP contribution is -2.16. The molecule has 0 amide bonds. The summed E-state index contributed by atoms with van der Waals surface area (Å²) in [5.74, 6) is 0. The summed E-state index contributed by atoms with van der Waals surface area (Å²) >= 11 is 0. The van der Waals surface area contributed by atoms with Crippen LogP contribution in [0.2, 0.25) is 0 Å². The third-order valence-corrected chi connectivity index (χ3v) is 1.31. The van der Waals surface area contributed by atoms with Gasteiger partial charge in [-0.05, 0) is 19.1 Å². The first-order chi connectivity index (χ1) is 5.24. The normalized spacial score (nSPS) is 9.55. The summed E-state index contributed by atoms with van der Waals surface area (Å²) in [5.41, 5.74) is 0.887. The second-order valence-electron chi connectivity index (χ2n) is 2.18. The van der Waals surface area contributed by atoms with Crippen molar-refractivity contribution >= 4 is 5.69 Å². The molecule has 4 heteroatoms. The fraction of sp³-hybridized carbons (Fsp3) is 0.286. The van der Waals surface area contributed by atoms with Crippen LogP contribution in [-0.4, -0.2) is 16.5 Å². The Morgan fingerprint density at radius 3 is 2.91 bits per heavy atom. The molecule has 0 aromatic carbocycles. The molecule has 0 fully saturated rings. The highest BCUT2D eigenvalue weighted by Crippen LogP contribution is 1.99. The molecule has 3 N–H and O–H groups in total. The molecule has 1 aromatic heterocycles. The van der Waals surface area contributed by atoms with Gasteiger partial charge in [0, 0.05) is 6.54 Å². The molecule has 11 heavy (non-hydrogen) atoms. The topological polar surface area (TPSA) is 61.0 Å². The van der Waals surface area contributed by atoms with Crippen LogP contribution >= 0.6 is 0 Å². The molecule has 1 rings (SSSR count). The van der Waals surface area contributed by atoms with Gasteiger partial charge in [-0.3, -0.25) is 5.41 Å². The largest absolute Gasteiger partial charge is 0.427 e. The summed E-state index contributed by atoms with van der Waals surface area (Å²) in [6, 6.07) is 3.27. The van der Waals surface area contributed by atoms with Crippen molar-refractivity contribution in [3.8, 4) is 0 Å². The summed E-state index contributed by atoms with van der Waals surface area (Å²) < 4.78 is 0.776. The van der Waals surface area contributed by atoms with E-state index in [4.69, 9.17) is 10.6 Å². The van der Waals surface area contributed by atoms with Gasteiger partial charge in [-0.15, -0.1) is 0 Å². The van der Waals surface area contributed by atoms with Crippen molar-refractivity contribution in [3.63, 3.8) is 0 Å². The maximum atomic E-state index is 9.02. The minimum absolute atomic E-state index is 0.0756. The molecule has 4 nitrogen and oxygen atoms in total. The van der Waals surface area contributed by atoms with Crippen LogP contribution in [0.4, 0.5) is 5.69 Å². The van der Waals surface area contributed by atoms with E-state index >= 15 is 0 Å². The third-order valence-electron chi connectivity index (χ3n) is 1.31. The van der Waals surface area contributed by atoms with Gasteiger partial charge in [-0.2, -0.15) is 4.73 Å². The Hall–Kier alpha value is -1.45. The molecule has 1 heterocycles. The van der Waals surface area contributed by atoms with E-state index in [-0.39, 0.29) is 5.49 Å². The van der Waals surface area contributed by atoms with Crippen molar-refractivity contribution in [2.45, 2.75) is 6.92 Å². The summed E-state index contributed by atoms with van der Waals surface area (Å²) in [7, 11) is 0. The van der Waals surface area contributed by atoms with Crippen molar-refractivity contribution in [3.05, 3.63) is 23.8 Å². The molecule has 0 aliphatic carbocycles. The van der Waals surface area contributed by atoms with Crippen molar-refractivity contribution in [1.82, 2.24) is 4.73 Å². The Balaban J connectivity index is 2.96. The number of aromatic nitrogens is 1. The van der Waals surface area contributed by atoms with E-state index in [2.05, 4.69) is 5.32 Å². The second-order valence-corrected chi connectivity index (χ2v) is 2.18. The van der Waals surface area contributed by atoms with Crippen molar-refractivity contribution in [2.24, 2.45) is 0 Å². The number of anilines is 1. The Labute approximate surface area is 64.6 Å². The second kappa shape index (κ2) is 3.09. The molecular formula is C7H11N3O. The molecule has 60 valence electrons. The third kappa shape index (κ3) is 1.73. The van der Waals surface area contributed by atoms with Gasteiger partial charge in [-0.25, -0.2) is 0 Å². The highest BCUT2D eigenvalue weighted by Gasteiger charge is 1.90. The average molecular weight is 153 g/mol. The van der Waals surface area contributed by atoms with Gasteiger partial charge in [0.25, 0.3) is 0 Å². The van der Waals surface area contributed by atoms with Gasteiger partial charge in [0.2, 0.25) is 0 Å². The lowest BCUT2D eigenvalue weighted by Gasteiger charge is -2.03. The predicted octanol–water partition coefficient (Wildman–Crippen LogP) is 0.637. The minimum Gasteiger partial charge on any atom is -0.427 e. The molecule has 0 saturated carbocycles. The Morgan fingerprint density at radius 2 is 2.36 bits per heavy atom. The Bertz CT molecular complexity index is 292. The van der Waals surface area contributed by atoms with Gasteiger partial charge < -0.3 is 10.5 Å². The van der Waals surface area contributed by atoms with Crippen LogP contribution in [0.15, 0.2) is 18.3 Å². The first kappa shape index (κ1) is 7.65. The van der Waals surface area contributed by atoms with Gasteiger partial charge >= 0.3 is 0 Å². The van der Waals surface area contributed by atoms with Crippen LogP contribution < -0.4 is 10.8 Å². The number of hydrogen-bond acceptors (Lipinski definition) is 3. The smallest absolute Gasteiger partial charge is 0.160 e. The number of rotatable bonds is 2. The van der Waals surface area contributed by atoms with Gasteiger partial charge in [0.1, 0.15) is 0 Å². The van der Waals surface area contributed by atoms with Crippen LogP contribution in [0.3, 0.4) is 0 Å². The fourth-order valence-corrected chi connectivity index (χ4v) is 0.798. The molecular weight excluding hydrogens is 142 g/mol. The number of nitrogens with zero attached hydrogens (tertiary/aromatic N) is 1. The van der Waals surface area contributed by atoms with Crippen LogP contribution in [0.1, 0.15) is 6.92 Å². The van der Waals surface area contributed by atoms with E-state index in [1.807, 2.05) is 6.92 Å². The van der Waals surface area contributed by atoms with E-state index in [0.29, 0.717) is 0 Å². The molecule has 0 aliphatic heterocycles. The highest BCUT2D eigenvalue weighted by molar-refractivity contribution is 5.39. The summed E-state index contributed by atoms with van der Waals surface area (Å²) in [6.07, 6.45) is 1.46. The summed E-state index contributed by atoms with van der Waals surface area (Å²) in [6.45, 7) is 2.77. The zero-order valence-electron chi connectivity index (χ0n) is 6.33. The highest BCUT2D eigenvalue weighted by atomic mass is 16.5. The van der Waals surface area contributed by atoms with Crippen molar-refractivity contribution < 1.29 is 5.21 Å². The van der Waals surface area contributed by atoms with Gasteiger partial charge in [0.05, 0.1) is 11.9 Å². The lowest BCUT2D eigenvalue weighted by molar-refractivity contribution is 0.171. The molecule has 0 radical (unpaired) electrons. The van der Waals surface area contributed by atoms with Crippen molar-refractivity contribution in [2.75, 3.05) is 11.9 Å². The Kier molecular flexibility index (Phi) is 2.15. The maximum Gasteiger partial charge on any atom is 0.160 e. The molecule has 1 aromatic rings. The minimum atomic E-state index is 0.0756. The molecule has 0 aliphatic rings. The number of hydrogen-bond donors (Lipinski definition) is 3. The number of pyridine rings is 1. The molecule has 0 atom stereocenters. The zero-order chi connectivity index (χ0) is 8.27. The van der Waals surface area contributed by atoms with Crippen LogP contribution in [0, 0.1) is 5.41 Å². The first-order valence-electron chi connectivity index (χ1n) is 3.44. The Morgan fingerprint density at radius 1 is 1.64 bits per heavy atom. The first-order valence-corrected chi connectivity index (χ1v) is 3.44. The van der Waals surface area contributed by atoms with Gasteiger partial charge in [0.15, 0.2) is 5.49 Å². The molecule has 0 saturated heterocycles. The number of nitrogens with one attached hydrogen (secondary N) is 2. The van der Waals surface area contributed by atoms with Crippen molar-refractivity contribution in [1.29, 1.82) is 5.41 Å². The van der Waals surface area contributed by atoms with E-state index in [1.54, 1.807) is 6.07 Å². The van der Waals surface area contributed by atoms with Crippen LogP contribution in [0.5, 0.6) is 0 Å². The fourth-order valence-electron chi connectivity index (χ4n) is 0.798. The SMILES string of the molecule is CCNc1ccc(=N)n(O)c1. The maximum absolute atomic E-state index is 9.02. The van der Waals surface area contributed by atoms with E-state index in [0.717, 1.165) is 17.0 Å². The molecule has 0 bridgehead atoms. The van der Waals surface area contributed by atoms with E-state index in [1.165, 1.54) is 12.3 Å². The molecule has 0 spiro atoms. The predicted molar refractivity (Wildman–Crippen MR) is 41.6 cm³/mol.